The van der Waals surface area contributed by atoms with Crippen LogP contribution in [0.25, 0.3) is 0 Å². The topological polar surface area (TPSA) is 48.5 Å². The Labute approximate surface area is 150 Å². The van der Waals surface area contributed by atoms with Crippen molar-refractivity contribution >= 4 is 33.3 Å². The van der Waals surface area contributed by atoms with Gasteiger partial charge in [0, 0.05) is 42.5 Å². The monoisotopic (exact) mass is 388 g/mol. The van der Waals surface area contributed by atoms with Crippen molar-refractivity contribution in [2.45, 2.75) is 6.92 Å². The van der Waals surface area contributed by atoms with Crippen molar-refractivity contribution in [1.29, 1.82) is 0 Å². The summed E-state index contributed by atoms with van der Waals surface area (Å²) in [6.07, 6.45) is 1.68. The molecule has 5 nitrogen and oxygen atoms in total. The molecule has 1 aromatic heterocycles. The Bertz CT molecular complexity index is 696. The minimum atomic E-state index is -0.0196. The average molecular weight is 389 g/mol. The molecule has 0 spiro atoms. The van der Waals surface area contributed by atoms with Crippen LogP contribution < -0.4 is 10.2 Å². The summed E-state index contributed by atoms with van der Waals surface area (Å²) in [5.41, 5.74) is 2.54. The van der Waals surface area contributed by atoms with E-state index in [2.05, 4.69) is 67.2 Å². The van der Waals surface area contributed by atoms with Crippen molar-refractivity contribution in [2.75, 3.05) is 42.9 Å². The molecule has 1 aromatic carbocycles. The van der Waals surface area contributed by atoms with E-state index in [9.17, 15) is 4.79 Å². The molecule has 1 aliphatic rings. The van der Waals surface area contributed by atoms with Gasteiger partial charge in [-0.2, -0.15) is 0 Å². The van der Waals surface area contributed by atoms with Gasteiger partial charge >= 0.3 is 0 Å². The average Bonchev–Trinajstić information content (AvgIpc) is 2.58. The largest absolute Gasteiger partial charge is 0.369 e. The number of amides is 1. The normalized spacial score (nSPS) is 15.3. The van der Waals surface area contributed by atoms with Gasteiger partial charge in [-0.1, -0.05) is 12.1 Å². The first-order valence-electron chi connectivity index (χ1n) is 8.05. The lowest BCUT2D eigenvalue weighted by atomic mass is 10.2. The number of anilines is 2. The summed E-state index contributed by atoms with van der Waals surface area (Å²) in [7, 11) is 0. The summed E-state index contributed by atoms with van der Waals surface area (Å²) in [5.74, 6) is 0.565. The standard InChI is InChI=1S/C18H21BrN4O/c1-14-3-2-4-16(11-14)23-9-7-22(8-10-23)13-18(24)21-17-6-5-15(19)12-20-17/h2-6,11-12H,7-10,13H2,1H3,(H,20,21,24). The Morgan fingerprint density at radius 3 is 2.67 bits per heavy atom. The maximum absolute atomic E-state index is 12.1. The lowest BCUT2D eigenvalue weighted by Crippen LogP contribution is -2.48. The number of carbonyl (C=O) groups is 1. The summed E-state index contributed by atoms with van der Waals surface area (Å²) in [6, 6.07) is 12.2. The highest BCUT2D eigenvalue weighted by Crippen LogP contribution is 2.17. The van der Waals surface area contributed by atoms with E-state index in [-0.39, 0.29) is 5.91 Å². The van der Waals surface area contributed by atoms with Crippen LogP contribution in [0.1, 0.15) is 5.56 Å². The number of nitrogens with zero attached hydrogens (tertiary/aromatic N) is 3. The fourth-order valence-electron chi connectivity index (χ4n) is 2.82. The van der Waals surface area contributed by atoms with Gasteiger partial charge in [0.15, 0.2) is 0 Å². The zero-order valence-corrected chi connectivity index (χ0v) is 15.3. The smallest absolute Gasteiger partial charge is 0.239 e. The number of hydrogen-bond donors (Lipinski definition) is 1. The molecular weight excluding hydrogens is 368 g/mol. The molecular formula is C18H21BrN4O. The van der Waals surface area contributed by atoms with Crippen LogP contribution in [0.2, 0.25) is 0 Å². The van der Waals surface area contributed by atoms with Crippen LogP contribution in [0.5, 0.6) is 0 Å². The van der Waals surface area contributed by atoms with Gasteiger partial charge in [-0.3, -0.25) is 9.69 Å². The number of piperazine rings is 1. The fourth-order valence-corrected chi connectivity index (χ4v) is 3.06. The molecule has 2 aromatic rings. The van der Waals surface area contributed by atoms with Crippen molar-refractivity contribution in [1.82, 2.24) is 9.88 Å². The number of aryl methyl sites for hydroxylation is 1. The molecule has 0 bridgehead atoms. The van der Waals surface area contributed by atoms with Crippen molar-refractivity contribution in [3.05, 3.63) is 52.6 Å². The third-order valence-electron chi connectivity index (χ3n) is 4.10. The van der Waals surface area contributed by atoms with Crippen molar-refractivity contribution in [2.24, 2.45) is 0 Å². The number of carbonyl (C=O) groups excluding carboxylic acids is 1. The molecule has 1 fully saturated rings. The predicted molar refractivity (Wildman–Crippen MR) is 100 cm³/mol. The molecule has 1 N–H and O–H groups in total. The van der Waals surface area contributed by atoms with E-state index in [0.29, 0.717) is 12.4 Å². The first kappa shape index (κ1) is 16.9. The van der Waals surface area contributed by atoms with Gasteiger partial charge in [0.1, 0.15) is 5.82 Å². The zero-order chi connectivity index (χ0) is 16.9. The quantitative estimate of drug-likeness (QED) is 0.874. The summed E-state index contributed by atoms with van der Waals surface area (Å²) in [5, 5.41) is 2.84. The third kappa shape index (κ3) is 4.55. The number of hydrogen-bond acceptors (Lipinski definition) is 4. The summed E-state index contributed by atoms with van der Waals surface area (Å²) in [4.78, 5) is 20.9. The van der Waals surface area contributed by atoms with E-state index in [1.54, 1.807) is 12.3 Å². The van der Waals surface area contributed by atoms with Gasteiger partial charge in [-0.15, -0.1) is 0 Å². The predicted octanol–water partition coefficient (Wildman–Crippen LogP) is 2.91. The number of aromatic nitrogens is 1. The summed E-state index contributed by atoms with van der Waals surface area (Å²) >= 11 is 3.33. The number of halogens is 1. The van der Waals surface area contributed by atoms with E-state index >= 15 is 0 Å². The Morgan fingerprint density at radius 1 is 1.21 bits per heavy atom. The second-order valence-electron chi connectivity index (χ2n) is 6.01. The van der Waals surface area contributed by atoms with Crippen molar-refractivity contribution in [3.63, 3.8) is 0 Å². The molecule has 3 rings (SSSR count). The molecule has 1 saturated heterocycles. The van der Waals surface area contributed by atoms with E-state index in [1.165, 1.54) is 11.3 Å². The Kier molecular flexibility index (Phi) is 5.48. The maximum atomic E-state index is 12.1. The van der Waals surface area contributed by atoms with Crippen molar-refractivity contribution < 1.29 is 4.79 Å². The molecule has 0 aliphatic carbocycles. The minimum absolute atomic E-state index is 0.0196. The fraction of sp³-hybridized carbons (Fsp3) is 0.333. The second-order valence-corrected chi connectivity index (χ2v) is 6.93. The summed E-state index contributed by atoms with van der Waals surface area (Å²) in [6.45, 7) is 6.16. The van der Waals surface area contributed by atoms with Crippen molar-refractivity contribution in [3.8, 4) is 0 Å². The molecule has 1 aliphatic heterocycles. The van der Waals surface area contributed by atoms with Gasteiger partial charge in [-0.25, -0.2) is 4.98 Å². The zero-order valence-electron chi connectivity index (χ0n) is 13.7. The van der Waals surface area contributed by atoms with Crippen LogP contribution in [-0.4, -0.2) is 48.5 Å². The van der Waals surface area contributed by atoms with Crippen LogP contribution in [0.15, 0.2) is 47.1 Å². The third-order valence-corrected chi connectivity index (χ3v) is 4.57. The highest BCUT2D eigenvalue weighted by atomic mass is 79.9. The lowest BCUT2D eigenvalue weighted by molar-refractivity contribution is -0.117. The Morgan fingerprint density at radius 2 is 2.00 bits per heavy atom. The lowest BCUT2D eigenvalue weighted by Gasteiger charge is -2.35. The molecule has 24 heavy (non-hydrogen) atoms. The Balaban J connectivity index is 1.48. The highest BCUT2D eigenvalue weighted by Gasteiger charge is 2.19. The van der Waals surface area contributed by atoms with Crippen LogP contribution in [0, 0.1) is 6.92 Å². The first-order chi connectivity index (χ1) is 11.6. The Hall–Kier alpha value is -1.92. The molecule has 1 amide bonds. The van der Waals surface area contributed by atoms with Gasteiger partial charge in [0.2, 0.25) is 5.91 Å². The molecule has 0 unspecified atom stereocenters. The molecule has 126 valence electrons. The van der Waals surface area contributed by atoms with Gasteiger partial charge in [0.05, 0.1) is 6.54 Å². The van der Waals surface area contributed by atoms with E-state index in [1.807, 2.05) is 6.07 Å². The second kappa shape index (κ2) is 7.77. The molecule has 6 heteroatoms. The van der Waals surface area contributed by atoms with Crippen LogP contribution in [-0.2, 0) is 4.79 Å². The van der Waals surface area contributed by atoms with E-state index < -0.39 is 0 Å². The number of pyridine rings is 1. The van der Waals surface area contributed by atoms with Crippen LogP contribution >= 0.6 is 15.9 Å². The maximum Gasteiger partial charge on any atom is 0.239 e. The minimum Gasteiger partial charge on any atom is -0.369 e. The SMILES string of the molecule is Cc1cccc(N2CCN(CC(=O)Nc3ccc(Br)cn3)CC2)c1. The number of rotatable bonds is 4. The number of nitrogens with one attached hydrogen (secondary N) is 1. The first-order valence-corrected chi connectivity index (χ1v) is 8.85. The van der Waals surface area contributed by atoms with E-state index in [4.69, 9.17) is 0 Å². The van der Waals surface area contributed by atoms with Crippen LogP contribution in [0.4, 0.5) is 11.5 Å². The van der Waals surface area contributed by atoms with Gasteiger partial charge < -0.3 is 10.2 Å². The molecule has 2 heterocycles. The molecule has 0 atom stereocenters. The number of benzene rings is 1. The summed E-state index contributed by atoms with van der Waals surface area (Å²) < 4.78 is 0.896. The van der Waals surface area contributed by atoms with E-state index in [0.717, 1.165) is 30.7 Å². The highest BCUT2D eigenvalue weighted by molar-refractivity contribution is 9.10. The van der Waals surface area contributed by atoms with Gasteiger partial charge in [0.25, 0.3) is 0 Å². The van der Waals surface area contributed by atoms with Crippen LogP contribution in [0.3, 0.4) is 0 Å². The van der Waals surface area contributed by atoms with Gasteiger partial charge in [-0.05, 0) is 52.7 Å². The molecule has 0 saturated carbocycles. The molecule has 0 radical (unpaired) electrons.